The van der Waals surface area contributed by atoms with Gasteiger partial charge < -0.3 is 9.13 Å². The van der Waals surface area contributed by atoms with Crippen molar-refractivity contribution in [1.82, 2.24) is 9.13 Å². The molecule has 0 saturated carbocycles. The molecule has 1 aliphatic carbocycles. The fraction of sp³-hybridized carbons (Fsp3) is 0.0588. The molecule has 1 aliphatic rings. The molecule has 0 fully saturated rings. The standard InChI is InChI=1S/C51H36N2/c1-51(2)44-19-11-9-17-39(44)41-27-30-48-49(50(41)51)43-32-36(24-29-47(43)53(48)37-15-7-4-8-16-37)35-23-28-46-42(31-35)40-18-10-12-20-45(40)52(46)38-25-21-34(22-26-38)33-13-5-3-6-14-33/h3-32H,1-2H3. The van der Waals surface area contributed by atoms with Crippen LogP contribution in [0.4, 0.5) is 0 Å². The molecule has 8 aromatic carbocycles. The fourth-order valence-electron chi connectivity index (χ4n) is 9.28. The Bertz CT molecular complexity index is 3050. The van der Waals surface area contributed by atoms with E-state index in [0.717, 1.165) is 5.69 Å². The molecule has 0 aliphatic heterocycles. The molecule has 0 bridgehead atoms. The number of hydrogen-bond donors (Lipinski definition) is 0. The summed E-state index contributed by atoms with van der Waals surface area (Å²) in [6.45, 7) is 4.79. The minimum atomic E-state index is -0.128. The van der Waals surface area contributed by atoms with Crippen LogP contribution in [0.3, 0.4) is 0 Å². The monoisotopic (exact) mass is 676 g/mol. The van der Waals surface area contributed by atoms with Crippen molar-refractivity contribution in [3.8, 4) is 44.8 Å². The van der Waals surface area contributed by atoms with E-state index >= 15 is 0 Å². The first-order valence-corrected chi connectivity index (χ1v) is 18.5. The normalized spacial score (nSPS) is 13.2. The predicted octanol–water partition coefficient (Wildman–Crippen LogP) is 13.5. The lowest BCUT2D eigenvalue weighted by atomic mass is 9.80. The molecule has 10 aromatic rings. The summed E-state index contributed by atoms with van der Waals surface area (Å²) < 4.78 is 4.86. The van der Waals surface area contributed by atoms with Crippen LogP contribution in [0.15, 0.2) is 182 Å². The van der Waals surface area contributed by atoms with Crippen LogP contribution < -0.4 is 0 Å². The van der Waals surface area contributed by atoms with Crippen molar-refractivity contribution in [3.05, 3.63) is 193 Å². The third-order valence-electron chi connectivity index (χ3n) is 11.7. The van der Waals surface area contributed by atoms with Crippen LogP contribution in [-0.2, 0) is 5.41 Å². The zero-order chi connectivity index (χ0) is 35.3. The molecular formula is C51H36N2. The van der Waals surface area contributed by atoms with Gasteiger partial charge in [0.1, 0.15) is 0 Å². The average molecular weight is 677 g/mol. The molecule has 11 rings (SSSR count). The number of hydrogen-bond acceptors (Lipinski definition) is 0. The number of para-hydroxylation sites is 2. The number of fused-ring (bicyclic) bond motifs is 10. The first-order chi connectivity index (χ1) is 26.1. The number of aromatic nitrogens is 2. The summed E-state index contributed by atoms with van der Waals surface area (Å²) >= 11 is 0. The SMILES string of the molecule is CC1(C)c2ccccc2-c2ccc3c(c21)c1cc(-c2ccc4c(c2)c2ccccc2n4-c2ccc(-c4ccccc4)cc2)ccc1n3-c1ccccc1. The van der Waals surface area contributed by atoms with E-state index < -0.39 is 0 Å². The average Bonchev–Trinajstić information content (AvgIpc) is 3.81. The maximum absolute atomic E-state index is 2.45. The van der Waals surface area contributed by atoms with Gasteiger partial charge in [-0.05, 0) is 105 Å². The highest BCUT2D eigenvalue weighted by molar-refractivity contribution is 6.16. The van der Waals surface area contributed by atoms with Gasteiger partial charge in [0, 0.05) is 38.3 Å². The van der Waals surface area contributed by atoms with E-state index in [1.165, 1.54) is 93.8 Å². The van der Waals surface area contributed by atoms with Gasteiger partial charge in [-0.15, -0.1) is 0 Å². The molecule has 2 heteroatoms. The summed E-state index contributed by atoms with van der Waals surface area (Å²) in [7, 11) is 0. The number of benzene rings is 8. The minimum Gasteiger partial charge on any atom is -0.309 e. The topological polar surface area (TPSA) is 9.86 Å². The highest BCUT2D eigenvalue weighted by Crippen LogP contribution is 2.53. The van der Waals surface area contributed by atoms with Crippen molar-refractivity contribution in [2.75, 3.05) is 0 Å². The van der Waals surface area contributed by atoms with Crippen LogP contribution in [-0.4, -0.2) is 9.13 Å². The Kier molecular flexibility index (Phi) is 6.33. The van der Waals surface area contributed by atoms with E-state index in [1.807, 2.05) is 0 Å². The molecule has 0 saturated heterocycles. The Morgan fingerprint density at radius 2 is 0.887 bits per heavy atom. The summed E-state index contributed by atoms with van der Waals surface area (Å²) in [5, 5.41) is 5.16. The molecule has 53 heavy (non-hydrogen) atoms. The van der Waals surface area contributed by atoms with Crippen LogP contribution in [0.2, 0.25) is 0 Å². The molecule has 0 N–H and O–H groups in total. The van der Waals surface area contributed by atoms with Crippen LogP contribution in [0.5, 0.6) is 0 Å². The van der Waals surface area contributed by atoms with E-state index in [0.29, 0.717) is 0 Å². The Morgan fingerprint density at radius 1 is 0.358 bits per heavy atom. The van der Waals surface area contributed by atoms with Crippen molar-refractivity contribution in [2.24, 2.45) is 0 Å². The predicted molar refractivity (Wildman–Crippen MR) is 224 cm³/mol. The van der Waals surface area contributed by atoms with Crippen LogP contribution in [0.1, 0.15) is 25.0 Å². The lowest BCUT2D eigenvalue weighted by molar-refractivity contribution is 0.666. The molecule has 0 atom stereocenters. The number of nitrogens with zero attached hydrogens (tertiary/aromatic N) is 2. The molecule has 2 aromatic heterocycles. The van der Waals surface area contributed by atoms with E-state index in [-0.39, 0.29) is 5.41 Å². The zero-order valence-electron chi connectivity index (χ0n) is 29.7. The van der Waals surface area contributed by atoms with Gasteiger partial charge in [0.2, 0.25) is 0 Å². The lowest BCUT2D eigenvalue weighted by Gasteiger charge is -2.22. The summed E-state index contributed by atoms with van der Waals surface area (Å²) in [4.78, 5) is 0. The Morgan fingerprint density at radius 3 is 1.66 bits per heavy atom. The highest BCUT2D eigenvalue weighted by Gasteiger charge is 2.38. The molecule has 250 valence electrons. The Balaban J connectivity index is 1.12. The zero-order valence-corrected chi connectivity index (χ0v) is 29.7. The van der Waals surface area contributed by atoms with Crippen molar-refractivity contribution < 1.29 is 0 Å². The van der Waals surface area contributed by atoms with Gasteiger partial charge in [0.05, 0.1) is 22.1 Å². The molecule has 0 amide bonds. The molecule has 0 unspecified atom stereocenters. The summed E-state index contributed by atoms with van der Waals surface area (Å²) in [5.41, 5.74) is 17.5. The van der Waals surface area contributed by atoms with Crippen molar-refractivity contribution in [2.45, 2.75) is 19.3 Å². The van der Waals surface area contributed by atoms with Crippen LogP contribution in [0.25, 0.3) is 88.4 Å². The van der Waals surface area contributed by atoms with E-state index in [2.05, 4.69) is 205 Å². The quantitative estimate of drug-likeness (QED) is 0.176. The van der Waals surface area contributed by atoms with Crippen molar-refractivity contribution in [3.63, 3.8) is 0 Å². The smallest absolute Gasteiger partial charge is 0.0544 e. The van der Waals surface area contributed by atoms with Crippen molar-refractivity contribution in [1.29, 1.82) is 0 Å². The maximum atomic E-state index is 2.45. The van der Waals surface area contributed by atoms with Gasteiger partial charge in [-0.1, -0.05) is 135 Å². The summed E-state index contributed by atoms with van der Waals surface area (Å²) in [6.07, 6.45) is 0. The van der Waals surface area contributed by atoms with E-state index in [1.54, 1.807) is 0 Å². The molecular weight excluding hydrogens is 641 g/mol. The van der Waals surface area contributed by atoms with E-state index in [9.17, 15) is 0 Å². The molecule has 0 spiro atoms. The highest BCUT2D eigenvalue weighted by atomic mass is 15.0. The van der Waals surface area contributed by atoms with Crippen LogP contribution >= 0.6 is 0 Å². The van der Waals surface area contributed by atoms with Gasteiger partial charge in [-0.25, -0.2) is 0 Å². The van der Waals surface area contributed by atoms with Gasteiger partial charge in [-0.3, -0.25) is 0 Å². The minimum absolute atomic E-state index is 0.128. The second kappa shape index (κ2) is 11.2. The Hall–Kier alpha value is -6.64. The van der Waals surface area contributed by atoms with Gasteiger partial charge >= 0.3 is 0 Å². The molecule has 2 nitrogen and oxygen atoms in total. The summed E-state index contributed by atoms with van der Waals surface area (Å²) in [6, 6.07) is 66.9. The Labute approximate surface area is 308 Å². The van der Waals surface area contributed by atoms with E-state index in [4.69, 9.17) is 0 Å². The first-order valence-electron chi connectivity index (χ1n) is 18.5. The summed E-state index contributed by atoms with van der Waals surface area (Å²) in [5.74, 6) is 0. The first kappa shape index (κ1) is 30.0. The van der Waals surface area contributed by atoms with Gasteiger partial charge in [0.25, 0.3) is 0 Å². The molecule has 2 heterocycles. The van der Waals surface area contributed by atoms with Crippen LogP contribution in [0, 0.1) is 0 Å². The largest absolute Gasteiger partial charge is 0.309 e. The number of rotatable bonds is 4. The fourth-order valence-corrected chi connectivity index (χ4v) is 9.28. The van der Waals surface area contributed by atoms with Gasteiger partial charge in [-0.2, -0.15) is 0 Å². The maximum Gasteiger partial charge on any atom is 0.0544 e. The third-order valence-corrected chi connectivity index (χ3v) is 11.7. The lowest BCUT2D eigenvalue weighted by Crippen LogP contribution is -2.15. The van der Waals surface area contributed by atoms with Gasteiger partial charge in [0.15, 0.2) is 0 Å². The molecule has 0 radical (unpaired) electrons. The second-order valence-electron chi connectivity index (χ2n) is 15.0. The van der Waals surface area contributed by atoms with Crippen molar-refractivity contribution >= 4 is 43.6 Å². The second-order valence-corrected chi connectivity index (χ2v) is 15.0. The third kappa shape index (κ3) is 4.33.